The number of aryl methyl sites for hydroxylation is 1. The van der Waals surface area contributed by atoms with Gasteiger partial charge in [0, 0.05) is 54.5 Å². The molecule has 1 N–H and O–H groups in total. The van der Waals surface area contributed by atoms with Gasteiger partial charge in [-0.2, -0.15) is 5.10 Å². The summed E-state index contributed by atoms with van der Waals surface area (Å²) in [6.07, 6.45) is 19.2. The van der Waals surface area contributed by atoms with Gasteiger partial charge in [-0.15, -0.1) is 0 Å². The quantitative estimate of drug-likeness (QED) is 0.202. The van der Waals surface area contributed by atoms with Crippen molar-refractivity contribution in [1.29, 1.82) is 0 Å². The first-order valence-corrected chi connectivity index (χ1v) is 18.1. The van der Waals surface area contributed by atoms with Gasteiger partial charge in [0.25, 0.3) is 5.92 Å². The summed E-state index contributed by atoms with van der Waals surface area (Å²) < 4.78 is 24.9. The third-order valence-electron chi connectivity index (χ3n) is 8.36. The van der Waals surface area contributed by atoms with Crippen LogP contribution in [0.25, 0.3) is 11.8 Å². The predicted octanol–water partition coefficient (Wildman–Crippen LogP) is 12.1. The summed E-state index contributed by atoms with van der Waals surface area (Å²) in [5.41, 5.74) is 8.63. The Morgan fingerprint density at radius 3 is 2.10 bits per heavy atom. The van der Waals surface area contributed by atoms with Crippen LogP contribution in [0.2, 0.25) is 0 Å². The van der Waals surface area contributed by atoms with E-state index in [4.69, 9.17) is 9.79 Å². The van der Waals surface area contributed by atoms with Crippen molar-refractivity contribution in [2.45, 2.75) is 133 Å². The second-order valence-electron chi connectivity index (χ2n) is 12.3. The van der Waals surface area contributed by atoms with E-state index in [1.54, 1.807) is 0 Å². The Bertz CT molecular complexity index is 1260. The second kappa shape index (κ2) is 24.7. The number of halogens is 2. The van der Waals surface area contributed by atoms with E-state index in [1.165, 1.54) is 59.7 Å². The molecular formula is C41H66F2N4O. The number of rotatable bonds is 10. The first kappa shape index (κ1) is 44.6. The number of nitrogens with zero attached hydrogens (tertiary/aromatic N) is 3. The first-order chi connectivity index (χ1) is 22.9. The van der Waals surface area contributed by atoms with Crippen molar-refractivity contribution >= 4 is 24.3 Å². The standard InChI is InChI=1S/C26H34N4.C7H12F2.C4H10.C2H4O.C2H6/c1-6-7-26(23-9-8-22(14-19(2)3)20(4)15-23)27-12-10-21(5)30-13-11-24(18-30)25-16-28-29-17-25;1-3-5-6(4-2)7(5,8)9;1-3-4-2;1-2-3;1-2/h7-10,12,14-17,24H,6,11,13,18H2,1-5H3,(H,28,29);5-6H,3-4H2,1-2H3;3-4H2,1-2H3;2H,1H3;1-2H3/b21-10+,26-7+,27-12+;;;;. The number of alkyl halides is 2. The van der Waals surface area contributed by atoms with Gasteiger partial charge in [0.2, 0.25) is 0 Å². The Morgan fingerprint density at radius 1 is 1.06 bits per heavy atom. The SMILES string of the molecule is CC.CC/C=C(/N=C/C=C(\C)N1CCC(c2cn[nH]c2)C1)c1ccc(C=C(C)C)c(C)c1.CC=O.CCC1C(CC)C1(F)F.CCCC. The third-order valence-corrected chi connectivity index (χ3v) is 8.36. The van der Waals surface area contributed by atoms with E-state index in [9.17, 15) is 8.78 Å². The molecule has 1 aliphatic carbocycles. The summed E-state index contributed by atoms with van der Waals surface area (Å²) >= 11 is 0. The maximum absolute atomic E-state index is 12.5. The first-order valence-electron chi connectivity index (χ1n) is 18.1. The number of hydrogen-bond acceptors (Lipinski definition) is 4. The molecule has 0 bridgehead atoms. The lowest BCUT2D eigenvalue weighted by molar-refractivity contribution is -0.106. The highest BCUT2D eigenvalue weighted by Crippen LogP contribution is 2.58. The molecule has 2 heterocycles. The highest BCUT2D eigenvalue weighted by Gasteiger charge is 2.65. The molecule has 2 fully saturated rings. The van der Waals surface area contributed by atoms with Gasteiger partial charge in [0.1, 0.15) is 6.29 Å². The molecule has 7 heteroatoms. The van der Waals surface area contributed by atoms with Gasteiger partial charge in [0.15, 0.2) is 0 Å². The minimum absolute atomic E-state index is 0.303. The van der Waals surface area contributed by atoms with Crippen LogP contribution in [0, 0.1) is 18.8 Å². The minimum Gasteiger partial charge on any atom is -0.374 e. The molecule has 0 spiro atoms. The number of aldehydes is 1. The second-order valence-corrected chi connectivity index (χ2v) is 12.3. The molecule has 2 aromatic rings. The molecule has 5 nitrogen and oxygen atoms in total. The summed E-state index contributed by atoms with van der Waals surface area (Å²) in [6.45, 7) is 26.3. The molecule has 1 aliphatic heterocycles. The Balaban J connectivity index is 0.00000101. The number of H-pyrrole nitrogens is 1. The average Bonchev–Trinajstić information content (AvgIpc) is 3.54. The predicted molar refractivity (Wildman–Crippen MR) is 205 cm³/mol. The van der Waals surface area contributed by atoms with Crippen molar-refractivity contribution in [3.63, 3.8) is 0 Å². The zero-order valence-electron chi connectivity index (χ0n) is 32.2. The molecule has 0 radical (unpaired) electrons. The van der Waals surface area contributed by atoms with Gasteiger partial charge in [0.05, 0.1) is 11.9 Å². The Hall–Kier alpha value is -3.35. The summed E-state index contributed by atoms with van der Waals surface area (Å²) in [7, 11) is 0. The lowest BCUT2D eigenvalue weighted by Crippen LogP contribution is -2.18. The van der Waals surface area contributed by atoms with Crippen LogP contribution in [0.4, 0.5) is 8.78 Å². The lowest BCUT2D eigenvalue weighted by Gasteiger charge is -2.18. The fraction of sp³-hybridized carbons (Fsp3) is 0.585. The summed E-state index contributed by atoms with van der Waals surface area (Å²) in [5, 5.41) is 7.02. The van der Waals surface area contributed by atoms with Crippen LogP contribution in [-0.2, 0) is 4.79 Å². The molecule has 1 saturated carbocycles. The minimum atomic E-state index is -2.32. The number of nitrogens with one attached hydrogen (secondary N) is 1. The Morgan fingerprint density at radius 2 is 1.67 bits per heavy atom. The molecule has 1 saturated heterocycles. The maximum atomic E-state index is 12.5. The fourth-order valence-corrected chi connectivity index (χ4v) is 5.49. The third kappa shape index (κ3) is 15.3. The molecule has 1 aromatic carbocycles. The van der Waals surface area contributed by atoms with Gasteiger partial charge in [-0.05, 0) is 89.1 Å². The van der Waals surface area contributed by atoms with Gasteiger partial charge >= 0.3 is 0 Å². The van der Waals surface area contributed by atoms with E-state index in [2.05, 4.69) is 100.0 Å². The van der Waals surface area contributed by atoms with Crippen LogP contribution in [0.3, 0.4) is 0 Å². The molecule has 270 valence electrons. The van der Waals surface area contributed by atoms with Crippen molar-refractivity contribution < 1.29 is 13.6 Å². The number of benzene rings is 1. The van der Waals surface area contributed by atoms with Crippen LogP contribution in [0.5, 0.6) is 0 Å². The zero-order valence-corrected chi connectivity index (χ0v) is 32.2. The van der Waals surface area contributed by atoms with Gasteiger partial charge in [-0.3, -0.25) is 10.1 Å². The Kier molecular flexibility index (Phi) is 23.0. The number of aromatic amines is 1. The number of unbranched alkanes of at least 4 members (excludes halogenated alkanes) is 1. The van der Waals surface area contributed by atoms with Crippen molar-refractivity contribution in [2.24, 2.45) is 16.8 Å². The fourth-order valence-electron chi connectivity index (χ4n) is 5.49. The zero-order chi connectivity index (χ0) is 36.7. The van der Waals surface area contributed by atoms with E-state index in [-0.39, 0.29) is 11.8 Å². The summed E-state index contributed by atoms with van der Waals surface area (Å²) in [6, 6.07) is 6.60. The van der Waals surface area contributed by atoms with Crippen LogP contribution >= 0.6 is 0 Å². The topological polar surface area (TPSA) is 61.4 Å². The Labute approximate surface area is 292 Å². The monoisotopic (exact) mass is 669 g/mol. The number of hydrogen-bond donors (Lipinski definition) is 1. The number of aliphatic imine (C=N–C) groups is 1. The van der Waals surface area contributed by atoms with Crippen molar-refractivity contribution in [1.82, 2.24) is 15.1 Å². The summed E-state index contributed by atoms with van der Waals surface area (Å²) in [4.78, 5) is 16.0. The molecule has 48 heavy (non-hydrogen) atoms. The smallest absolute Gasteiger partial charge is 0.254 e. The van der Waals surface area contributed by atoms with E-state index in [1.807, 2.05) is 46.3 Å². The van der Waals surface area contributed by atoms with E-state index >= 15 is 0 Å². The molecule has 3 atom stereocenters. The highest BCUT2D eigenvalue weighted by molar-refractivity contribution is 5.81. The number of allylic oxidation sites excluding steroid dienone is 4. The molecule has 0 amide bonds. The number of likely N-dealkylation sites (tertiary alicyclic amines) is 1. The van der Waals surface area contributed by atoms with E-state index in [0.717, 1.165) is 31.5 Å². The van der Waals surface area contributed by atoms with Crippen molar-refractivity contribution in [3.8, 4) is 0 Å². The van der Waals surface area contributed by atoms with Gasteiger partial charge < -0.3 is 9.69 Å². The van der Waals surface area contributed by atoms with Crippen LogP contribution in [0.15, 0.2) is 59.0 Å². The van der Waals surface area contributed by atoms with Crippen LogP contribution in [-0.4, -0.2) is 46.6 Å². The van der Waals surface area contributed by atoms with Crippen molar-refractivity contribution in [3.05, 3.63) is 76.3 Å². The average molecular weight is 669 g/mol. The molecule has 3 unspecified atom stereocenters. The molecule has 2 aliphatic rings. The van der Waals surface area contributed by atoms with Crippen molar-refractivity contribution in [2.75, 3.05) is 13.1 Å². The van der Waals surface area contributed by atoms with E-state index in [0.29, 0.717) is 18.8 Å². The maximum Gasteiger partial charge on any atom is 0.254 e. The normalized spacial score (nSPS) is 19.4. The molecule has 1 aromatic heterocycles. The van der Waals surface area contributed by atoms with Gasteiger partial charge in [-0.1, -0.05) is 91.2 Å². The number of aromatic nitrogens is 2. The molecular weight excluding hydrogens is 602 g/mol. The van der Waals surface area contributed by atoms with Crippen LogP contribution < -0.4 is 0 Å². The number of carbonyl (C=O) groups is 1. The summed E-state index contributed by atoms with van der Waals surface area (Å²) in [5.74, 6) is -2.37. The van der Waals surface area contributed by atoms with Crippen LogP contribution in [0.1, 0.15) is 143 Å². The van der Waals surface area contributed by atoms with Gasteiger partial charge in [-0.25, -0.2) is 8.78 Å². The number of carbonyl (C=O) groups excluding carboxylic acids is 1. The molecule has 4 rings (SSSR count). The highest BCUT2D eigenvalue weighted by atomic mass is 19.3. The largest absolute Gasteiger partial charge is 0.374 e. The van der Waals surface area contributed by atoms with E-state index < -0.39 is 5.92 Å². The lowest BCUT2D eigenvalue weighted by atomic mass is 10.0.